The zero-order valence-corrected chi connectivity index (χ0v) is 18.4. The first-order valence-electron chi connectivity index (χ1n) is 11.4. The van der Waals surface area contributed by atoms with Gasteiger partial charge < -0.3 is 25.2 Å². The second kappa shape index (κ2) is 11.0. The van der Waals surface area contributed by atoms with E-state index in [1.54, 1.807) is 0 Å². The molecule has 2 aliphatic heterocycles. The number of para-hydroxylation sites is 1. The molecule has 2 aromatic carbocycles. The van der Waals surface area contributed by atoms with Gasteiger partial charge in [0.1, 0.15) is 0 Å². The quantitative estimate of drug-likeness (QED) is 0.699. The zero-order valence-electron chi connectivity index (χ0n) is 18.4. The van der Waals surface area contributed by atoms with E-state index in [1.165, 1.54) is 5.69 Å². The van der Waals surface area contributed by atoms with E-state index in [0.717, 1.165) is 25.1 Å². The summed E-state index contributed by atoms with van der Waals surface area (Å²) in [5.74, 6) is 0.0510. The van der Waals surface area contributed by atoms with Gasteiger partial charge in [-0.2, -0.15) is 0 Å². The highest BCUT2D eigenvalue weighted by atomic mass is 16.5. The van der Waals surface area contributed by atoms with Crippen LogP contribution in [0.1, 0.15) is 17.9 Å². The molecule has 0 aliphatic carbocycles. The second-order valence-electron chi connectivity index (χ2n) is 8.43. The van der Waals surface area contributed by atoms with Crippen LogP contribution in [0.4, 0.5) is 10.5 Å². The highest BCUT2D eigenvalue weighted by Gasteiger charge is 2.28. The van der Waals surface area contributed by atoms with E-state index in [1.807, 2.05) is 41.3 Å². The standard InChI is InChI=1S/C25H32N4O3/c30-24(28-13-15-32-16-14-28)23(21-7-3-1-4-8-21)18-27-25(31)26-17-20-11-12-29(19-20)22-9-5-2-6-10-22/h1-10,20,23H,11-19H2,(H2,26,27,31). The van der Waals surface area contributed by atoms with Gasteiger partial charge in [-0.3, -0.25) is 4.79 Å². The lowest BCUT2D eigenvalue weighted by Crippen LogP contribution is -2.47. The number of carbonyl (C=O) groups is 2. The summed E-state index contributed by atoms with van der Waals surface area (Å²) < 4.78 is 5.37. The molecule has 2 N–H and O–H groups in total. The molecule has 2 saturated heterocycles. The summed E-state index contributed by atoms with van der Waals surface area (Å²) in [6.45, 7) is 5.14. The van der Waals surface area contributed by atoms with Crippen molar-refractivity contribution in [2.75, 3.05) is 57.4 Å². The van der Waals surface area contributed by atoms with E-state index in [0.29, 0.717) is 38.8 Å². The first-order valence-corrected chi connectivity index (χ1v) is 11.4. The molecule has 2 heterocycles. The molecule has 170 valence electrons. The number of hydrogen-bond acceptors (Lipinski definition) is 4. The molecule has 2 aliphatic rings. The fourth-order valence-corrected chi connectivity index (χ4v) is 4.40. The van der Waals surface area contributed by atoms with Gasteiger partial charge in [-0.25, -0.2) is 4.79 Å². The summed E-state index contributed by atoms with van der Waals surface area (Å²) in [4.78, 5) is 29.8. The van der Waals surface area contributed by atoms with Crippen LogP contribution in [-0.4, -0.2) is 69.3 Å². The van der Waals surface area contributed by atoms with Crippen molar-refractivity contribution in [1.82, 2.24) is 15.5 Å². The van der Waals surface area contributed by atoms with E-state index in [2.05, 4.69) is 39.8 Å². The van der Waals surface area contributed by atoms with Crippen molar-refractivity contribution < 1.29 is 14.3 Å². The Hall–Kier alpha value is -3.06. The van der Waals surface area contributed by atoms with Crippen molar-refractivity contribution in [3.05, 3.63) is 66.2 Å². The second-order valence-corrected chi connectivity index (χ2v) is 8.43. The van der Waals surface area contributed by atoms with Crippen LogP contribution in [0.15, 0.2) is 60.7 Å². The number of amides is 3. The third-order valence-electron chi connectivity index (χ3n) is 6.25. The number of morpholine rings is 1. The van der Waals surface area contributed by atoms with Crippen molar-refractivity contribution in [3.8, 4) is 0 Å². The Bertz CT molecular complexity index is 871. The van der Waals surface area contributed by atoms with Crippen molar-refractivity contribution >= 4 is 17.6 Å². The molecule has 2 fully saturated rings. The summed E-state index contributed by atoms with van der Waals surface area (Å²) in [5, 5.41) is 5.93. The van der Waals surface area contributed by atoms with Crippen LogP contribution in [0, 0.1) is 5.92 Å². The topological polar surface area (TPSA) is 73.9 Å². The normalized spacial score (nSPS) is 19.4. The summed E-state index contributed by atoms with van der Waals surface area (Å²) >= 11 is 0. The minimum absolute atomic E-state index is 0.0362. The largest absolute Gasteiger partial charge is 0.378 e. The molecule has 2 aromatic rings. The third kappa shape index (κ3) is 5.79. The van der Waals surface area contributed by atoms with Crippen molar-refractivity contribution in [2.45, 2.75) is 12.3 Å². The molecule has 3 amide bonds. The number of anilines is 1. The Labute approximate surface area is 189 Å². The SMILES string of the molecule is O=C(NCC1CCN(c2ccccc2)C1)NCC(C(=O)N1CCOCC1)c1ccccc1. The first kappa shape index (κ1) is 22.1. The van der Waals surface area contributed by atoms with Gasteiger partial charge in [-0.15, -0.1) is 0 Å². The van der Waals surface area contributed by atoms with Gasteiger partial charge in [0.05, 0.1) is 19.1 Å². The van der Waals surface area contributed by atoms with E-state index in [4.69, 9.17) is 4.74 Å². The fraction of sp³-hybridized carbons (Fsp3) is 0.440. The Morgan fingerprint density at radius 1 is 0.938 bits per heavy atom. The highest BCUT2D eigenvalue weighted by Crippen LogP contribution is 2.23. The van der Waals surface area contributed by atoms with Crippen LogP contribution >= 0.6 is 0 Å². The maximum absolute atomic E-state index is 13.1. The fourth-order valence-electron chi connectivity index (χ4n) is 4.40. The van der Waals surface area contributed by atoms with Gasteiger partial charge >= 0.3 is 6.03 Å². The Balaban J connectivity index is 1.27. The maximum atomic E-state index is 13.1. The number of carbonyl (C=O) groups excluding carboxylic acids is 2. The summed E-state index contributed by atoms with van der Waals surface area (Å²) in [6.07, 6.45) is 1.05. The predicted octanol–water partition coefficient (Wildman–Crippen LogP) is 2.45. The number of nitrogens with one attached hydrogen (secondary N) is 2. The molecule has 0 spiro atoms. The van der Waals surface area contributed by atoms with Gasteiger partial charge in [0.15, 0.2) is 0 Å². The zero-order chi connectivity index (χ0) is 22.2. The minimum atomic E-state index is -0.403. The van der Waals surface area contributed by atoms with Gasteiger partial charge in [0.2, 0.25) is 5.91 Å². The van der Waals surface area contributed by atoms with Crippen molar-refractivity contribution in [3.63, 3.8) is 0 Å². The lowest BCUT2D eigenvalue weighted by atomic mass is 9.97. The molecule has 2 atom stereocenters. The van der Waals surface area contributed by atoms with Gasteiger partial charge in [0, 0.05) is 45.0 Å². The van der Waals surface area contributed by atoms with E-state index in [9.17, 15) is 9.59 Å². The number of nitrogens with zero attached hydrogens (tertiary/aromatic N) is 2. The lowest BCUT2D eigenvalue weighted by Gasteiger charge is -2.30. The molecule has 4 rings (SSSR count). The van der Waals surface area contributed by atoms with Crippen molar-refractivity contribution in [2.24, 2.45) is 5.92 Å². The molecule has 0 radical (unpaired) electrons. The number of benzene rings is 2. The number of rotatable bonds is 7. The van der Waals surface area contributed by atoms with Crippen LogP contribution in [0.25, 0.3) is 0 Å². The minimum Gasteiger partial charge on any atom is -0.378 e. The summed E-state index contributed by atoms with van der Waals surface area (Å²) in [7, 11) is 0. The molecule has 32 heavy (non-hydrogen) atoms. The molecule has 2 unspecified atom stereocenters. The lowest BCUT2D eigenvalue weighted by molar-refractivity contribution is -0.136. The number of urea groups is 1. The molecule has 7 heteroatoms. The van der Waals surface area contributed by atoms with Crippen LogP contribution in [0.2, 0.25) is 0 Å². The monoisotopic (exact) mass is 436 g/mol. The Kier molecular flexibility index (Phi) is 7.61. The van der Waals surface area contributed by atoms with Gasteiger partial charge in [-0.05, 0) is 30.0 Å². The number of hydrogen-bond donors (Lipinski definition) is 2. The summed E-state index contributed by atoms with van der Waals surface area (Å²) in [5.41, 5.74) is 2.14. The molecule has 7 nitrogen and oxygen atoms in total. The molecule has 0 bridgehead atoms. The molecule has 0 aromatic heterocycles. The average molecular weight is 437 g/mol. The van der Waals surface area contributed by atoms with E-state index in [-0.39, 0.29) is 18.5 Å². The summed E-state index contributed by atoms with van der Waals surface area (Å²) in [6, 6.07) is 19.8. The molecular weight excluding hydrogens is 404 g/mol. The maximum Gasteiger partial charge on any atom is 0.314 e. The van der Waals surface area contributed by atoms with Crippen LogP contribution in [0.3, 0.4) is 0 Å². The van der Waals surface area contributed by atoms with E-state index >= 15 is 0 Å². The van der Waals surface area contributed by atoms with Crippen LogP contribution in [0.5, 0.6) is 0 Å². The van der Waals surface area contributed by atoms with Gasteiger partial charge in [0.25, 0.3) is 0 Å². The predicted molar refractivity (Wildman–Crippen MR) is 125 cm³/mol. The molecule has 0 saturated carbocycles. The van der Waals surface area contributed by atoms with E-state index < -0.39 is 5.92 Å². The van der Waals surface area contributed by atoms with Crippen LogP contribution < -0.4 is 15.5 Å². The average Bonchev–Trinajstić information content (AvgIpc) is 3.34. The highest BCUT2D eigenvalue weighted by molar-refractivity contribution is 5.85. The van der Waals surface area contributed by atoms with Gasteiger partial charge in [-0.1, -0.05) is 48.5 Å². The Morgan fingerprint density at radius 2 is 1.62 bits per heavy atom. The van der Waals surface area contributed by atoms with Crippen LogP contribution in [-0.2, 0) is 9.53 Å². The Morgan fingerprint density at radius 3 is 2.34 bits per heavy atom. The smallest absolute Gasteiger partial charge is 0.314 e. The van der Waals surface area contributed by atoms with Crippen molar-refractivity contribution in [1.29, 1.82) is 0 Å². The number of ether oxygens (including phenoxy) is 1. The third-order valence-corrected chi connectivity index (χ3v) is 6.25. The molecular formula is C25H32N4O3. The first-order chi connectivity index (χ1) is 15.7.